The molecule has 0 aromatic rings. The summed E-state index contributed by atoms with van der Waals surface area (Å²) in [6.45, 7) is 5.74. The van der Waals surface area contributed by atoms with E-state index in [1.807, 2.05) is 18.9 Å². The van der Waals surface area contributed by atoms with E-state index in [-0.39, 0.29) is 5.91 Å². The Morgan fingerprint density at radius 2 is 1.94 bits per heavy atom. The lowest BCUT2D eigenvalue weighted by atomic mass is 9.86. The van der Waals surface area contributed by atoms with Crippen molar-refractivity contribution in [2.75, 3.05) is 20.3 Å². The van der Waals surface area contributed by atoms with Gasteiger partial charge in [0.05, 0.1) is 0 Å². The second-order valence-electron chi connectivity index (χ2n) is 5.22. The Labute approximate surface area is 106 Å². The van der Waals surface area contributed by atoms with Crippen molar-refractivity contribution >= 4 is 5.91 Å². The molecule has 1 aliphatic carbocycles. The van der Waals surface area contributed by atoms with Gasteiger partial charge in [-0.15, -0.1) is 0 Å². The third kappa shape index (κ3) is 5.07. The molecule has 0 atom stereocenters. The molecule has 1 rings (SSSR count). The van der Waals surface area contributed by atoms with Crippen molar-refractivity contribution in [2.45, 2.75) is 58.4 Å². The number of carbonyl (C=O) groups is 1. The van der Waals surface area contributed by atoms with Gasteiger partial charge in [-0.1, -0.05) is 6.92 Å². The van der Waals surface area contributed by atoms with Gasteiger partial charge in [0.25, 0.3) is 0 Å². The smallest absolute Gasteiger partial charge is 0.222 e. The molecule has 1 fully saturated rings. The topological polar surface area (TPSA) is 29.5 Å². The van der Waals surface area contributed by atoms with E-state index in [1.165, 1.54) is 25.7 Å². The maximum atomic E-state index is 12.0. The van der Waals surface area contributed by atoms with Gasteiger partial charge in [-0.05, 0) is 44.9 Å². The summed E-state index contributed by atoms with van der Waals surface area (Å²) in [6.07, 6.45) is 6.36. The number of hydrogen-bond acceptors (Lipinski definition) is 2. The van der Waals surface area contributed by atoms with Crippen molar-refractivity contribution in [3.8, 4) is 0 Å². The summed E-state index contributed by atoms with van der Waals surface area (Å²) in [6, 6.07) is 0.478. The van der Waals surface area contributed by atoms with Crippen LogP contribution in [0.1, 0.15) is 52.4 Å². The zero-order chi connectivity index (χ0) is 12.7. The summed E-state index contributed by atoms with van der Waals surface area (Å²) in [5, 5.41) is 0. The van der Waals surface area contributed by atoms with Crippen LogP contribution >= 0.6 is 0 Å². The van der Waals surface area contributed by atoms with Crippen molar-refractivity contribution < 1.29 is 9.53 Å². The Hall–Kier alpha value is -0.570. The molecule has 0 unspecified atom stereocenters. The Balaban J connectivity index is 2.21. The molecule has 17 heavy (non-hydrogen) atoms. The summed E-state index contributed by atoms with van der Waals surface area (Å²) in [4.78, 5) is 13.9. The van der Waals surface area contributed by atoms with Crippen LogP contribution in [-0.4, -0.2) is 37.1 Å². The highest BCUT2D eigenvalue weighted by Crippen LogP contribution is 2.26. The molecule has 1 saturated carbocycles. The maximum Gasteiger partial charge on any atom is 0.222 e. The third-order valence-electron chi connectivity index (χ3n) is 3.81. The van der Waals surface area contributed by atoms with E-state index < -0.39 is 0 Å². The third-order valence-corrected chi connectivity index (χ3v) is 3.81. The Kier molecular flexibility index (Phi) is 6.56. The molecular formula is C14H27NO2. The fourth-order valence-corrected chi connectivity index (χ4v) is 2.48. The van der Waals surface area contributed by atoms with E-state index in [0.717, 1.165) is 18.9 Å². The number of hydrogen-bond donors (Lipinski definition) is 0. The first-order chi connectivity index (χ1) is 8.15. The van der Waals surface area contributed by atoms with Gasteiger partial charge in [-0.25, -0.2) is 0 Å². The van der Waals surface area contributed by atoms with Crippen molar-refractivity contribution in [3.05, 3.63) is 0 Å². The first-order valence-corrected chi connectivity index (χ1v) is 6.98. The minimum Gasteiger partial charge on any atom is -0.382 e. The van der Waals surface area contributed by atoms with E-state index >= 15 is 0 Å². The summed E-state index contributed by atoms with van der Waals surface area (Å²) in [7, 11) is 1.96. The fraction of sp³-hybridized carbons (Fsp3) is 0.929. The van der Waals surface area contributed by atoms with Crippen molar-refractivity contribution in [1.29, 1.82) is 0 Å². The van der Waals surface area contributed by atoms with Gasteiger partial charge in [0, 0.05) is 32.7 Å². The molecule has 0 heterocycles. The minimum atomic E-state index is 0.282. The number of amides is 1. The lowest BCUT2D eigenvalue weighted by Gasteiger charge is -2.33. The number of carbonyl (C=O) groups excluding carboxylic acids is 1. The average molecular weight is 241 g/mol. The van der Waals surface area contributed by atoms with E-state index in [9.17, 15) is 4.79 Å². The van der Waals surface area contributed by atoms with Crippen LogP contribution < -0.4 is 0 Å². The zero-order valence-corrected chi connectivity index (χ0v) is 11.6. The van der Waals surface area contributed by atoms with Crippen LogP contribution in [0.25, 0.3) is 0 Å². The maximum absolute atomic E-state index is 12.0. The molecular weight excluding hydrogens is 214 g/mol. The molecule has 0 aromatic heterocycles. The monoisotopic (exact) mass is 241 g/mol. The average Bonchev–Trinajstić information content (AvgIpc) is 2.34. The standard InChI is InChI=1S/C14H27NO2/c1-4-17-11-5-6-14(16)15(3)13-9-7-12(2)8-10-13/h12-13H,4-11H2,1-3H3. The van der Waals surface area contributed by atoms with Gasteiger partial charge in [0.15, 0.2) is 0 Å². The molecule has 3 nitrogen and oxygen atoms in total. The molecule has 0 N–H and O–H groups in total. The van der Waals surface area contributed by atoms with Crippen LogP contribution in [0.2, 0.25) is 0 Å². The van der Waals surface area contributed by atoms with Crippen molar-refractivity contribution in [2.24, 2.45) is 5.92 Å². The van der Waals surface area contributed by atoms with Crippen LogP contribution in [0.15, 0.2) is 0 Å². The molecule has 3 heteroatoms. The molecule has 0 aliphatic heterocycles. The Bertz CT molecular complexity index is 222. The molecule has 0 radical (unpaired) electrons. The van der Waals surface area contributed by atoms with Crippen molar-refractivity contribution in [1.82, 2.24) is 4.90 Å². The number of rotatable bonds is 6. The zero-order valence-electron chi connectivity index (χ0n) is 11.6. The van der Waals surface area contributed by atoms with Crippen LogP contribution in [0.4, 0.5) is 0 Å². The van der Waals surface area contributed by atoms with Gasteiger partial charge < -0.3 is 9.64 Å². The van der Waals surface area contributed by atoms with E-state index in [2.05, 4.69) is 6.92 Å². The second kappa shape index (κ2) is 7.70. The molecule has 100 valence electrons. The summed E-state index contributed by atoms with van der Waals surface area (Å²) in [5.41, 5.74) is 0. The van der Waals surface area contributed by atoms with Crippen LogP contribution in [0.5, 0.6) is 0 Å². The van der Waals surface area contributed by atoms with Crippen LogP contribution in [0.3, 0.4) is 0 Å². The normalized spacial score (nSPS) is 24.6. The first-order valence-electron chi connectivity index (χ1n) is 6.98. The highest BCUT2D eigenvalue weighted by Gasteiger charge is 2.24. The highest BCUT2D eigenvalue weighted by atomic mass is 16.5. The summed E-state index contributed by atoms with van der Waals surface area (Å²) >= 11 is 0. The predicted molar refractivity (Wildman–Crippen MR) is 69.9 cm³/mol. The molecule has 0 saturated heterocycles. The SMILES string of the molecule is CCOCCCC(=O)N(C)C1CCC(C)CC1. The van der Waals surface area contributed by atoms with Crippen LogP contribution in [0, 0.1) is 5.92 Å². The molecule has 1 aliphatic rings. The minimum absolute atomic E-state index is 0.282. The quantitative estimate of drug-likeness (QED) is 0.669. The Morgan fingerprint density at radius 3 is 2.53 bits per heavy atom. The fourth-order valence-electron chi connectivity index (χ4n) is 2.48. The second-order valence-corrected chi connectivity index (χ2v) is 5.22. The molecule has 0 aromatic carbocycles. The van der Waals surface area contributed by atoms with E-state index in [1.54, 1.807) is 0 Å². The largest absolute Gasteiger partial charge is 0.382 e. The lowest BCUT2D eigenvalue weighted by molar-refractivity contribution is -0.133. The van der Waals surface area contributed by atoms with Gasteiger partial charge in [-0.3, -0.25) is 4.79 Å². The summed E-state index contributed by atoms with van der Waals surface area (Å²) in [5.74, 6) is 1.12. The first kappa shape index (κ1) is 14.5. The lowest BCUT2D eigenvalue weighted by Crippen LogP contribution is -2.39. The number of ether oxygens (including phenoxy) is 1. The Morgan fingerprint density at radius 1 is 1.29 bits per heavy atom. The van der Waals surface area contributed by atoms with E-state index in [0.29, 0.717) is 19.1 Å². The van der Waals surface area contributed by atoms with Gasteiger partial charge in [0.2, 0.25) is 5.91 Å². The van der Waals surface area contributed by atoms with Gasteiger partial charge >= 0.3 is 0 Å². The summed E-state index contributed by atoms with van der Waals surface area (Å²) < 4.78 is 5.25. The number of nitrogens with zero attached hydrogens (tertiary/aromatic N) is 1. The van der Waals surface area contributed by atoms with Gasteiger partial charge in [0.1, 0.15) is 0 Å². The molecule has 0 spiro atoms. The molecule has 1 amide bonds. The van der Waals surface area contributed by atoms with Crippen molar-refractivity contribution in [3.63, 3.8) is 0 Å². The van der Waals surface area contributed by atoms with E-state index in [4.69, 9.17) is 4.74 Å². The molecule has 0 bridgehead atoms. The predicted octanol–water partition coefficient (Wildman–Crippen LogP) is 2.84. The van der Waals surface area contributed by atoms with Gasteiger partial charge in [-0.2, -0.15) is 0 Å². The highest BCUT2D eigenvalue weighted by molar-refractivity contribution is 5.76. The van der Waals surface area contributed by atoms with Crippen LogP contribution in [-0.2, 0) is 9.53 Å².